The number of thiazole rings is 1. The van der Waals surface area contributed by atoms with Crippen LogP contribution in [0, 0.1) is 13.8 Å². The van der Waals surface area contributed by atoms with Crippen molar-refractivity contribution in [3.63, 3.8) is 0 Å². The molecule has 0 aliphatic rings. The summed E-state index contributed by atoms with van der Waals surface area (Å²) in [4.78, 5) is 28.9. The minimum Gasteiger partial charge on any atom is -0.487 e. The van der Waals surface area contributed by atoms with E-state index in [1.54, 1.807) is 35.6 Å². The molecule has 2 aromatic carbocycles. The maximum absolute atomic E-state index is 12.3. The van der Waals surface area contributed by atoms with Crippen molar-refractivity contribution in [3.05, 3.63) is 81.3 Å². The highest BCUT2D eigenvalue weighted by Gasteiger charge is 2.11. The smallest absolute Gasteiger partial charge is 0.251 e. The number of aromatic nitrogens is 1. The van der Waals surface area contributed by atoms with E-state index in [1.165, 1.54) is 6.08 Å². The molecular weight excluding hydrogens is 422 g/mol. The molecule has 0 aliphatic carbocycles. The largest absolute Gasteiger partial charge is 0.487 e. The average Bonchev–Trinajstić information content (AvgIpc) is 3.16. The summed E-state index contributed by atoms with van der Waals surface area (Å²) in [5.41, 5.74) is 3.77. The van der Waals surface area contributed by atoms with E-state index >= 15 is 0 Å². The second kappa shape index (κ2) is 10.7. The van der Waals surface area contributed by atoms with E-state index in [0.29, 0.717) is 23.6 Å². The second-order valence-corrected chi connectivity index (χ2v) is 8.76. The molecule has 0 atom stereocenters. The number of carbonyl (C=O) groups is 2. The van der Waals surface area contributed by atoms with Crippen molar-refractivity contribution in [1.82, 2.24) is 10.3 Å². The Morgan fingerprint density at radius 2 is 1.97 bits per heavy atom. The van der Waals surface area contributed by atoms with Crippen LogP contribution in [0.4, 0.5) is 5.69 Å². The molecule has 2 N–H and O–H groups in total. The van der Waals surface area contributed by atoms with Gasteiger partial charge in [0, 0.05) is 28.7 Å². The number of rotatable bonds is 8. The van der Waals surface area contributed by atoms with Crippen LogP contribution in [0.1, 0.15) is 46.0 Å². The summed E-state index contributed by atoms with van der Waals surface area (Å²) in [5, 5.41) is 8.69. The number of benzene rings is 2. The van der Waals surface area contributed by atoms with Crippen LogP contribution in [0.15, 0.2) is 53.9 Å². The van der Waals surface area contributed by atoms with Crippen LogP contribution < -0.4 is 15.4 Å². The molecule has 0 aliphatic heterocycles. The minimum atomic E-state index is -0.256. The van der Waals surface area contributed by atoms with E-state index in [2.05, 4.69) is 15.6 Å². The molecule has 3 rings (SSSR count). The van der Waals surface area contributed by atoms with Crippen molar-refractivity contribution < 1.29 is 14.3 Å². The molecule has 3 aromatic rings. The lowest BCUT2D eigenvalue weighted by molar-refractivity contribution is -0.111. The number of aryl methyl sites for hydroxylation is 2. The Balaban J connectivity index is 1.58. The van der Waals surface area contributed by atoms with E-state index < -0.39 is 0 Å². The lowest BCUT2D eigenvalue weighted by Crippen LogP contribution is -2.30. The molecule has 6 nitrogen and oxygen atoms in total. The Kier molecular flexibility index (Phi) is 7.78. The Bertz CT molecular complexity index is 1130. The Labute approximate surface area is 192 Å². The summed E-state index contributed by atoms with van der Waals surface area (Å²) in [7, 11) is 0. The first-order valence-corrected chi connectivity index (χ1v) is 11.2. The highest BCUT2D eigenvalue weighted by molar-refractivity contribution is 7.09. The molecule has 0 bridgehead atoms. The van der Waals surface area contributed by atoms with Crippen molar-refractivity contribution in [3.8, 4) is 5.75 Å². The fourth-order valence-electron chi connectivity index (χ4n) is 3.03. The van der Waals surface area contributed by atoms with Crippen LogP contribution in [0.25, 0.3) is 6.08 Å². The number of ether oxygens (including phenoxy) is 1. The number of carbonyl (C=O) groups excluding carboxylic acids is 2. The van der Waals surface area contributed by atoms with Gasteiger partial charge in [0.2, 0.25) is 5.91 Å². The maximum atomic E-state index is 12.3. The Morgan fingerprint density at radius 1 is 1.16 bits per heavy atom. The van der Waals surface area contributed by atoms with Crippen LogP contribution in [0.2, 0.25) is 0 Å². The van der Waals surface area contributed by atoms with Crippen molar-refractivity contribution >= 4 is 34.9 Å². The molecule has 7 heteroatoms. The molecule has 1 heterocycles. The SMILES string of the molecule is Cc1nc(COc2cccc(C=CC(=O)Nc3ccc(C(=O)NC(C)C)c(C)c3)c2)cs1. The van der Waals surface area contributed by atoms with Gasteiger partial charge < -0.3 is 15.4 Å². The quantitative estimate of drug-likeness (QED) is 0.467. The van der Waals surface area contributed by atoms with Gasteiger partial charge in [-0.05, 0) is 75.2 Å². The first-order valence-electron chi connectivity index (χ1n) is 10.3. The third-order valence-corrected chi connectivity index (χ3v) is 5.32. The fraction of sp³-hybridized carbons (Fsp3) is 0.240. The van der Waals surface area contributed by atoms with Gasteiger partial charge in [-0.2, -0.15) is 0 Å². The van der Waals surface area contributed by atoms with Crippen LogP contribution in [0.5, 0.6) is 5.75 Å². The summed E-state index contributed by atoms with van der Waals surface area (Å²) in [6, 6.07) is 12.8. The first kappa shape index (κ1) is 23.2. The zero-order chi connectivity index (χ0) is 23.1. The van der Waals surface area contributed by atoms with Gasteiger partial charge in [-0.25, -0.2) is 4.98 Å². The van der Waals surface area contributed by atoms with Crippen molar-refractivity contribution in [1.29, 1.82) is 0 Å². The van der Waals surface area contributed by atoms with Crippen LogP contribution in [-0.4, -0.2) is 22.8 Å². The lowest BCUT2D eigenvalue weighted by atomic mass is 10.1. The highest BCUT2D eigenvalue weighted by atomic mass is 32.1. The number of nitrogens with zero attached hydrogens (tertiary/aromatic N) is 1. The molecule has 2 amide bonds. The average molecular weight is 450 g/mol. The van der Waals surface area contributed by atoms with E-state index in [9.17, 15) is 9.59 Å². The summed E-state index contributed by atoms with van der Waals surface area (Å²) in [6.45, 7) is 8.04. The van der Waals surface area contributed by atoms with Crippen molar-refractivity contribution in [2.75, 3.05) is 5.32 Å². The number of anilines is 1. The van der Waals surface area contributed by atoms with Gasteiger partial charge in [0.1, 0.15) is 12.4 Å². The monoisotopic (exact) mass is 449 g/mol. The van der Waals surface area contributed by atoms with Gasteiger partial charge >= 0.3 is 0 Å². The van der Waals surface area contributed by atoms with Gasteiger partial charge in [0.25, 0.3) is 5.91 Å². The second-order valence-electron chi connectivity index (χ2n) is 7.70. The number of hydrogen-bond donors (Lipinski definition) is 2. The summed E-state index contributed by atoms with van der Waals surface area (Å²) >= 11 is 1.59. The van der Waals surface area contributed by atoms with E-state index in [4.69, 9.17) is 4.74 Å². The summed E-state index contributed by atoms with van der Waals surface area (Å²) < 4.78 is 5.79. The Morgan fingerprint density at radius 3 is 2.66 bits per heavy atom. The van der Waals surface area contributed by atoms with Gasteiger partial charge in [0.05, 0.1) is 10.7 Å². The van der Waals surface area contributed by atoms with Crippen molar-refractivity contribution in [2.24, 2.45) is 0 Å². The molecule has 166 valence electrons. The third-order valence-electron chi connectivity index (χ3n) is 4.50. The summed E-state index contributed by atoms with van der Waals surface area (Å²) in [6.07, 6.45) is 3.20. The standard InChI is InChI=1S/C25H27N3O3S/c1-16(2)26-25(30)23-10-9-20(12-17(23)3)28-24(29)11-8-19-6-5-7-22(13-19)31-14-21-15-32-18(4)27-21/h5-13,15-16H,14H2,1-4H3,(H,26,30)(H,28,29). The van der Waals surface area contributed by atoms with Crippen molar-refractivity contribution in [2.45, 2.75) is 40.3 Å². The van der Waals surface area contributed by atoms with Gasteiger partial charge in [-0.3, -0.25) is 9.59 Å². The van der Waals surface area contributed by atoms with Crippen LogP contribution in [-0.2, 0) is 11.4 Å². The minimum absolute atomic E-state index is 0.0619. The number of nitrogens with one attached hydrogen (secondary N) is 2. The summed E-state index contributed by atoms with van der Waals surface area (Å²) in [5.74, 6) is 0.333. The molecule has 0 spiro atoms. The zero-order valence-electron chi connectivity index (χ0n) is 18.6. The molecule has 0 radical (unpaired) electrons. The Hall–Kier alpha value is -3.45. The van der Waals surface area contributed by atoms with Gasteiger partial charge in [-0.1, -0.05) is 12.1 Å². The van der Waals surface area contributed by atoms with Crippen LogP contribution in [0.3, 0.4) is 0 Å². The molecular formula is C25H27N3O3S. The molecule has 0 unspecified atom stereocenters. The topological polar surface area (TPSA) is 80.3 Å². The zero-order valence-corrected chi connectivity index (χ0v) is 19.5. The highest BCUT2D eigenvalue weighted by Crippen LogP contribution is 2.18. The lowest BCUT2D eigenvalue weighted by Gasteiger charge is -2.11. The molecule has 0 fully saturated rings. The number of amides is 2. The van der Waals surface area contributed by atoms with Gasteiger partial charge in [0.15, 0.2) is 0 Å². The maximum Gasteiger partial charge on any atom is 0.251 e. The molecule has 0 saturated heterocycles. The van der Waals surface area contributed by atoms with E-state index in [1.807, 2.05) is 57.3 Å². The van der Waals surface area contributed by atoms with Crippen LogP contribution >= 0.6 is 11.3 Å². The predicted octanol–water partition coefficient (Wildman–Crippen LogP) is 5.13. The normalized spacial score (nSPS) is 11.0. The van der Waals surface area contributed by atoms with E-state index in [0.717, 1.165) is 21.8 Å². The molecule has 1 aromatic heterocycles. The first-order chi connectivity index (χ1) is 15.3. The molecule has 32 heavy (non-hydrogen) atoms. The van der Waals surface area contributed by atoms with Gasteiger partial charge in [-0.15, -0.1) is 11.3 Å². The molecule has 0 saturated carbocycles. The predicted molar refractivity (Wildman–Crippen MR) is 129 cm³/mol. The van der Waals surface area contributed by atoms with E-state index in [-0.39, 0.29) is 17.9 Å². The fourth-order valence-corrected chi connectivity index (χ4v) is 3.63. The number of hydrogen-bond acceptors (Lipinski definition) is 5. The third kappa shape index (κ3) is 6.78.